The number of halogens is 3. The molecular weight excluding hydrogens is 361 g/mol. The average Bonchev–Trinajstić information content (AvgIpc) is 2.63. The Labute approximate surface area is 152 Å². The molecule has 2 aromatic rings. The predicted octanol–water partition coefficient (Wildman–Crippen LogP) is 2.53. The van der Waals surface area contributed by atoms with E-state index in [1.807, 2.05) is 30.3 Å². The minimum Gasteiger partial charge on any atom is -0.408 e. The van der Waals surface area contributed by atoms with Crippen molar-refractivity contribution in [1.29, 1.82) is 0 Å². The Balaban J connectivity index is 1.99. The van der Waals surface area contributed by atoms with E-state index in [1.54, 1.807) is 0 Å². The summed E-state index contributed by atoms with van der Waals surface area (Å²) < 4.78 is 42.4. The molecule has 1 aliphatic rings. The van der Waals surface area contributed by atoms with Crippen LogP contribution in [0.2, 0.25) is 0 Å². The van der Waals surface area contributed by atoms with Crippen LogP contribution in [-0.4, -0.2) is 22.2 Å². The molecule has 1 unspecified atom stereocenters. The fraction of sp³-hybridized carbons (Fsp3) is 0.167. The molecule has 1 aromatic carbocycles. The van der Waals surface area contributed by atoms with Crippen molar-refractivity contribution < 1.29 is 22.7 Å². The number of allylic oxidation sites excluding steroid dienone is 2. The lowest BCUT2D eigenvalue weighted by atomic mass is 9.82. The highest BCUT2D eigenvalue weighted by atomic mass is 19.4. The van der Waals surface area contributed by atoms with E-state index in [0.29, 0.717) is 5.69 Å². The van der Waals surface area contributed by atoms with Crippen LogP contribution >= 0.6 is 0 Å². The topological polar surface area (TPSA) is 104 Å². The number of primary amides is 1. The molecule has 0 saturated heterocycles. The molecule has 27 heavy (non-hydrogen) atoms. The quantitative estimate of drug-likeness (QED) is 0.853. The molecule has 0 bridgehead atoms. The van der Waals surface area contributed by atoms with Gasteiger partial charge in [-0.3, -0.25) is 14.8 Å². The van der Waals surface area contributed by atoms with E-state index in [1.165, 1.54) is 12.4 Å². The lowest BCUT2D eigenvalue weighted by Gasteiger charge is -2.33. The number of benzene rings is 1. The van der Waals surface area contributed by atoms with Crippen LogP contribution in [-0.2, 0) is 15.1 Å². The molecule has 0 spiro atoms. The van der Waals surface area contributed by atoms with Crippen molar-refractivity contribution >= 4 is 5.91 Å². The van der Waals surface area contributed by atoms with E-state index in [2.05, 4.69) is 14.7 Å². The highest BCUT2D eigenvalue weighted by Crippen LogP contribution is 2.39. The van der Waals surface area contributed by atoms with Crippen LogP contribution in [0.4, 0.5) is 13.2 Å². The lowest BCUT2D eigenvalue weighted by Crippen LogP contribution is -2.45. The monoisotopic (exact) mass is 376 g/mol. The van der Waals surface area contributed by atoms with Gasteiger partial charge in [-0.15, -0.1) is 13.2 Å². The molecule has 1 aromatic heterocycles. The van der Waals surface area contributed by atoms with Gasteiger partial charge in [0.1, 0.15) is 11.3 Å². The number of amides is 1. The molecule has 140 valence electrons. The first-order valence-corrected chi connectivity index (χ1v) is 7.83. The second-order valence-electron chi connectivity index (χ2n) is 5.94. The summed E-state index contributed by atoms with van der Waals surface area (Å²) in [5, 5.41) is 0. The molecule has 6 nitrogen and oxygen atoms in total. The van der Waals surface area contributed by atoms with Crippen molar-refractivity contribution in [2.75, 3.05) is 0 Å². The Morgan fingerprint density at radius 3 is 2.37 bits per heavy atom. The van der Waals surface area contributed by atoms with Gasteiger partial charge in [-0.25, -0.2) is 0 Å². The van der Waals surface area contributed by atoms with Crippen molar-refractivity contribution in [2.24, 2.45) is 11.5 Å². The summed E-state index contributed by atoms with van der Waals surface area (Å²) in [4.78, 5) is 19.9. The third-order valence-corrected chi connectivity index (χ3v) is 4.07. The van der Waals surface area contributed by atoms with Crippen molar-refractivity contribution in [1.82, 2.24) is 9.97 Å². The van der Waals surface area contributed by atoms with Gasteiger partial charge >= 0.3 is 6.36 Å². The van der Waals surface area contributed by atoms with E-state index in [9.17, 15) is 18.0 Å². The van der Waals surface area contributed by atoms with Gasteiger partial charge in [-0.2, -0.15) is 0 Å². The molecule has 4 N–H and O–H groups in total. The maximum Gasteiger partial charge on any atom is 0.572 e. The van der Waals surface area contributed by atoms with Gasteiger partial charge in [0, 0.05) is 17.6 Å². The van der Waals surface area contributed by atoms with Crippen molar-refractivity contribution in [3.8, 4) is 11.3 Å². The number of nitrogens with zero attached hydrogens (tertiary/aromatic N) is 2. The first-order chi connectivity index (χ1) is 12.7. The average molecular weight is 376 g/mol. The number of rotatable bonds is 4. The third kappa shape index (κ3) is 3.98. The van der Waals surface area contributed by atoms with Crippen LogP contribution in [0.3, 0.4) is 0 Å². The van der Waals surface area contributed by atoms with Gasteiger partial charge < -0.3 is 16.2 Å². The van der Waals surface area contributed by atoms with Crippen LogP contribution in [0, 0.1) is 0 Å². The number of ether oxygens (including phenoxy) is 1. The Bertz CT molecular complexity index is 908. The normalized spacial score (nSPS) is 19.9. The molecule has 1 heterocycles. The highest BCUT2D eigenvalue weighted by molar-refractivity contribution is 5.93. The van der Waals surface area contributed by atoms with Crippen LogP contribution in [0.15, 0.2) is 66.2 Å². The summed E-state index contributed by atoms with van der Waals surface area (Å²) in [6, 6.07) is 9.10. The van der Waals surface area contributed by atoms with Gasteiger partial charge in [0.15, 0.2) is 0 Å². The van der Waals surface area contributed by atoms with Crippen molar-refractivity contribution in [3.05, 3.63) is 71.9 Å². The molecule has 1 amide bonds. The number of carbonyl (C=O) groups is 1. The van der Waals surface area contributed by atoms with Crippen LogP contribution in [0.25, 0.3) is 11.3 Å². The Hall–Kier alpha value is -3.20. The fourth-order valence-corrected chi connectivity index (χ4v) is 2.72. The molecule has 3 rings (SSSR count). The molecule has 0 fully saturated rings. The van der Waals surface area contributed by atoms with E-state index < -0.39 is 23.6 Å². The molecule has 9 heteroatoms. The summed E-state index contributed by atoms with van der Waals surface area (Å²) in [5.41, 5.74) is 11.0. The Morgan fingerprint density at radius 2 is 1.81 bits per heavy atom. The molecule has 0 aliphatic heterocycles. The predicted molar refractivity (Wildman–Crippen MR) is 90.5 cm³/mol. The van der Waals surface area contributed by atoms with Gasteiger partial charge in [0.05, 0.1) is 23.8 Å². The van der Waals surface area contributed by atoms with E-state index in [0.717, 1.165) is 17.7 Å². The zero-order valence-electron chi connectivity index (χ0n) is 13.9. The van der Waals surface area contributed by atoms with Gasteiger partial charge in [-0.05, 0) is 6.08 Å². The summed E-state index contributed by atoms with van der Waals surface area (Å²) in [6.45, 7) is 0. The summed E-state index contributed by atoms with van der Waals surface area (Å²) in [7, 11) is 0. The molecule has 1 atom stereocenters. The number of carbonyl (C=O) groups excluding carboxylic acids is 1. The largest absolute Gasteiger partial charge is 0.572 e. The Kier molecular flexibility index (Phi) is 4.71. The first kappa shape index (κ1) is 18.6. The highest BCUT2D eigenvalue weighted by Gasteiger charge is 2.44. The fourth-order valence-electron chi connectivity index (χ4n) is 2.72. The van der Waals surface area contributed by atoms with Crippen LogP contribution in [0.5, 0.6) is 0 Å². The number of alkyl halides is 3. The summed E-state index contributed by atoms with van der Waals surface area (Å²) >= 11 is 0. The van der Waals surface area contributed by atoms with E-state index in [-0.39, 0.29) is 17.7 Å². The molecule has 0 radical (unpaired) electrons. The minimum absolute atomic E-state index is 0.0181. The number of nitrogens with two attached hydrogens (primary N) is 2. The zero-order chi connectivity index (χ0) is 19.7. The van der Waals surface area contributed by atoms with Gasteiger partial charge in [0.2, 0.25) is 5.91 Å². The number of hydrogen-bond donors (Lipinski definition) is 2. The van der Waals surface area contributed by atoms with Gasteiger partial charge in [0.25, 0.3) is 0 Å². The maximum atomic E-state index is 12.8. The maximum absolute atomic E-state index is 12.8. The van der Waals surface area contributed by atoms with Crippen LogP contribution < -0.4 is 11.5 Å². The molecule has 1 aliphatic carbocycles. The molecular formula is C18H15F3N4O2. The zero-order valence-corrected chi connectivity index (χ0v) is 13.9. The van der Waals surface area contributed by atoms with Crippen molar-refractivity contribution in [3.63, 3.8) is 0 Å². The Morgan fingerprint density at radius 1 is 1.11 bits per heavy atom. The number of hydrogen-bond acceptors (Lipinski definition) is 5. The van der Waals surface area contributed by atoms with Gasteiger partial charge in [-0.1, -0.05) is 36.4 Å². The van der Waals surface area contributed by atoms with Crippen molar-refractivity contribution in [2.45, 2.75) is 18.3 Å². The number of aromatic nitrogens is 2. The second kappa shape index (κ2) is 6.84. The smallest absolute Gasteiger partial charge is 0.408 e. The molecule has 0 saturated carbocycles. The summed E-state index contributed by atoms with van der Waals surface area (Å²) in [6.07, 6.45) is -0.466. The van der Waals surface area contributed by atoms with E-state index in [4.69, 9.17) is 11.5 Å². The second-order valence-corrected chi connectivity index (χ2v) is 5.94. The summed E-state index contributed by atoms with van der Waals surface area (Å²) in [5.74, 6) is -1.39. The lowest BCUT2D eigenvalue weighted by molar-refractivity contribution is -0.310. The minimum atomic E-state index is -4.95. The SMILES string of the molecule is NC(=O)C1=CC=C(OC(F)(F)F)C(N)(c2cnc(-c3ccccc3)cn2)C1. The van der Waals surface area contributed by atoms with E-state index >= 15 is 0 Å². The standard InChI is InChI=1S/C18H15F3N4O2/c19-18(20,21)27-15-7-6-12(16(22)26)8-17(15,23)14-10-24-13(9-25-14)11-4-2-1-3-5-11/h1-7,9-10H,8,23H2,(H2,22,26). The third-order valence-electron chi connectivity index (χ3n) is 4.07. The van der Waals surface area contributed by atoms with Crippen LogP contribution in [0.1, 0.15) is 12.1 Å². The first-order valence-electron chi connectivity index (χ1n) is 7.83.